The molecule has 1 aliphatic rings. The molecule has 10 nitrogen and oxygen atoms in total. The molecule has 1 amide bonds. The topological polar surface area (TPSA) is 122 Å². The van der Waals surface area contributed by atoms with E-state index in [9.17, 15) is 24.6 Å². The number of amides is 1. The smallest absolute Gasteiger partial charge is 0.341 e. The van der Waals surface area contributed by atoms with Crippen LogP contribution < -0.4 is 10.4 Å². The van der Waals surface area contributed by atoms with E-state index in [1.807, 2.05) is 13.8 Å². The number of carboxylic acid groups (broad SMARTS) is 1. The fourth-order valence-electron chi connectivity index (χ4n) is 2.76. The number of hydrogen-bond acceptors (Lipinski definition) is 7. The number of carbonyl (C=O) groups excluding carboxylic acids is 1. The molecule has 10 heteroatoms. The number of ether oxygens (including phenoxy) is 2. The molecule has 0 aromatic carbocycles. The number of carboxylic acids is 1. The Kier molecular flexibility index (Phi) is 6.81. The number of carbonyl (C=O) groups is 2. The summed E-state index contributed by atoms with van der Waals surface area (Å²) < 4.78 is 11.8. The second-order valence-electron chi connectivity index (χ2n) is 6.42. The van der Waals surface area contributed by atoms with Crippen LogP contribution in [0.15, 0.2) is 11.0 Å². The minimum Gasteiger partial charge on any atom is -0.502 e. The van der Waals surface area contributed by atoms with Crippen molar-refractivity contribution < 1.29 is 29.3 Å². The summed E-state index contributed by atoms with van der Waals surface area (Å²) in [5.41, 5.74) is -1.94. The van der Waals surface area contributed by atoms with E-state index in [1.54, 1.807) is 5.01 Å². The number of rotatable bonds is 9. The van der Waals surface area contributed by atoms with E-state index in [2.05, 4.69) is 0 Å². The normalized spacial score (nSPS) is 14.0. The summed E-state index contributed by atoms with van der Waals surface area (Å²) in [7, 11) is 1.52. The number of aromatic hydroxyl groups is 1. The molecule has 1 aromatic heterocycles. The molecule has 27 heavy (non-hydrogen) atoms. The fourth-order valence-corrected chi connectivity index (χ4v) is 2.76. The van der Waals surface area contributed by atoms with Crippen LogP contribution in [0.25, 0.3) is 0 Å². The van der Waals surface area contributed by atoms with Crippen LogP contribution in [0.3, 0.4) is 0 Å². The first-order valence-corrected chi connectivity index (χ1v) is 8.64. The van der Waals surface area contributed by atoms with E-state index in [4.69, 9.17) is 9.47 Å². The maximum absolute atomic E-state index is 12.8. The number of aromatic carboxylic acids is 1. The number of hydrogen-bond donors (Lipinski definition) is 2. The Bertz CT molecular complexity index is 760. The standard InChI is InChI=1S/C17H25N3O7/c1-11(2)27-7-4-5-18-10-19(6-8-26-3)20-9-12(17(24)25)14(21)15(22)13(20)16(18)23/h9,11,22H,4-8,10H2,1-3H3,(H,24,25). The van der Waals surface area contributed by atoms with Crippen molar-refractivity contribution in [2.24, 2.45) is 0 Å². The summed E-state index contributed by atoms with van der Waals surface area (Å²) in [5.74, 6) is -2.89. The van der Waals surface area contributed by atoms with Gasteiger partial charge in [-0.3, -0.25) is 19.3 Å². The molecular formula is C17H25N3O7. The van der Waals surface area contributed by atoms with Crippen molar-refractivity contribution in [1.29, 1.82) is 0 Å². The highest BCUT2D eigenvalue weighted by Gasteiger charge is 2.34. The molecule has 0 spiro atoms. The van der Waals surface area contributed by atoms with E-state index >= 15 is 0 Å². The lowest BCUT2D eigenvalue weighted by atomic mass is 10.2. The molecule has 1 aliphatic heterocycles. The summed E-state index contributed by atoms with van der Waals surface area (Å²) in [6.07, 6.45) is 1.73. The first-order chi connectivity index (χ1) is 12.8. The molecule has 0 aliphatic carbocycles. The average molecular weight is 383 g/mol. The van der Waals surface area contributed by atoms with Gasteiger partial charge in [0.25, 0.3) is 5.91 Å². The second kappa shape index (κ2) is 8.87. The average Bonchev–Trinajstić information content (AvgIpc) is 2.61. The molecule has 1 aromatic rings. The molecule has 2 rings (SSSR count). The quantitative estimate of drug-likeness (QED) is 0.575. The summed E-state index contributed by atoms with van der Waals surface area (Å²) in [4.78, 5) is 37.6. The lowest BCUT2D eigenvalue weighted by molar-refractivity contribution is 0.0558. The number of pyridine rings is 1. The molecule has 0 fully saturated rings. The summed E-state index contributed by atoms with van der Waals surface area (Å²) in [5, 5.41) is 21.0. The van der Waals surface area contributed by atoms with Crippen LogP contribution in [0, 0.1) is 0 Å². The van der Waals surface area contributed by atoms with Gasteiger partial charge in [-0.2, -0.15) is 0 Å². The molecule has 2 N–H and O–H groups in total. The largest absolute Gasteiger partial charge is 0.502 e. The molecular weight excluding hydrogens is 358 g/mol. The first-order valence-electron chi connectivity index (χ1n) is 8.64. The van der Waals surface area contributed by atoms with Gasteiger partial charge in [0, 0.05) is 26.5 Å². The number of aromatic nitrogens is 1. The maximum Gasteiger partial charge on any atom is 0.341 e. The summed E-state index contributed by atoms with van der Waals surface area (Å²) in [6.45, 7) is 5.47. The molecule has 0 radical (unpaired) electrons. The van der Waals surface area contributed by atoms with Crippen LogP contribution in [0.5, 0.6) is 5.75 Å². The van der Waals surface area contributed by atoms with E-state index < -0.39 is 28.6 Å². The Hall–Kier alpha value is -2.59. The van der Waals surface area contributed by atoms with Gasteiger partial charge >= 0.3 is 5.97 Å². The molecule has 0 saturated heterocycles. The van der Waals surface area contributed by atoms with Gasteiger partial charge in [-0.1, -0.05) is 0 Å². The van der Waals surface area contributed by atoms with Crippen LogP contribution in [0.2, 0.25) is 0 Å². The predicted molar refractivity (Wildman–Crippen MR) is 95.9 cm³/mol. The molecule has 2 heterocycles. The highest BCUT2D eigenvalue weighted by Crippen LogP contribution is 2.21. The van der Waals surface area contributed by atoms with E-state index in [0.717, 1.165) is 6.20 Å². The Morgan fingerprint density at radius 2 is 1.96 bits per heavy atom. The minimum absolute atomic E-state index is 0.0815. The van der Waals surface area contributed by atoms with Crippen molar-refractivity contribution in [3.8, 4) is 5.75 Å². The van der Waals surface area contributed by atoms with E-state index in [-0.39, 0.29) is 18.5 Å². The molecule has 0 atom stereocenters. The van der Waals surface area contributed by atoms with Gasteiger partial charge in [0.1, 0.15) is 12.2 Å². The Balaban J connectivity index is 2.35. The Morgan fingerprint density at radius 3 is 2.56 bits per heavy atom. The highest BCUT2D eigenvalue weighted by atomic mass is 16.5. The molecule has 0 unspecified atom stereocenters. The van der Waals surface area contributed by atoms with Gasteiger partial charge in [0.15, 0.2) is 11.4 Å². The first kappa shape index (κ1) is 20.7. The van der Waals surface area contributed by atoms with E-state index in [1.165, 1.54) is 16.7 Å². The lowest BCUT2D eigenvalue weighted by Crippen LogP contribution is -2.55. The SMILES string of the molecule is COCCN1CN(CCCOC(C)C)C(=O)c2c(O)c(=O)c(C(=O)O)cn21. The van der Waals surface area contributed by atoms with Crippen LogP contribution in [-0.4, -0.2) is 77.9 Å². The third-order valence-electron chi connectivity index (χ3n) is 4.10. The monoisotopic (exact) mass is 383 g/mol. The Labute approximate surface area is 156 Å². The van der Waals surface area contributed by atoms with Gasteiger partial charge in [0.05, 0.1) is 19.3 Å². The van der Waals surface area contributed by atoms with E-state index in [0.29, 0.717) is 32.7 Å². The maximum atomic E-state index is 12.8. The van der Waals surface area contributed by atoms with Gasteiger partial charge in [0.2, 0.25) is 5.43 Å². The van der Waals surface area contributed by atoms with Crippen LogP contribution >= 0.6 is 0 Å². The summed E-state index contributed by atoms with van der Waals surface area (Å²) >= 11 is 0. The Morgan fingerprint density at radius 1 is 1.26 bits per heavy atom. The lowest BCUT2D eigenvalue weighted by Gasteiger charge is -2.39. The van der Waals surface area contributed by atoms with Crippen molar-refractivity contribution in [2.75, 3.05) is 45.1 Å². The van der Waals surface area contributed by atoms with Crippen LogP contribution in [0.1, 0.15) is 41.1 Å². The molecule has 150 valence electrons. The zero-order valence-corrected chi connectivity index (χ0v) is 15.7. The van der Waals surface area contributed by atoms with Gasteiger partial charge in [-0.15, -0.1) is 0 Å². The zero-order valence-electron chi connectivity index (χ0n) is 15.7. The molecule has 0 bridgehead atoms. The summed E-state index contributed by atoms with van der Waals surface area (Å²) in [6, 6.07) is 0. The molecule has 0 saturated carbocycles. The zero-order chi connectivity index (χ0) is 20.1. The number of fused-ring (bicyclic) bond motifs is 1. The number of methoxy groups -OCH3 is 1. The van der Waals surface area contributed by atoms with Gasteiger partial charge in [-0.25, -0.2) is 4.79 Å². The third kappa shape index (κ3) is 4.58. The fraction of sp³-hybridized carbons (Fsp3) is 0.588. The van der Waals surface area contributed by atoms with Gasteiger partial charge < -0.3 is 24.6 Å². The predicted octanol–water partition coefficient (Wildman–Crippen LogP) is 0.0649. The number of nitrogens with zero attached hydrogens (tertiary/aromatic N) is 3. The van der Waals surface area contributed by atoms with Crippen molar-refractivity contribution in [1.82, 2.24) is 9.58 Å². The van der Waals surface area contributed by atoms with Crippen LogP contribution in [0.4, 0.5) is 0 Å². The minimum atomic E-state index is -1.47. The second-order valence-corrected chi connectivity index (χ2v) is 6.42. The van der Waals surface area contributed by atoms with Crippen LogP contribution in [-0.2, 0) is 9.47 Å². The third-order valence-corrected chi connectivity index (χ3v) is 4.10. The van der Waals surface area contributed by atoms with Crippen molar-refractivity contribution in [2.45, 2.75) is 26.4 Å². The highest BCUT2D eigenvalue weighted by molar-refractivity contribution is 5.97. The van der Waals surface area contributed by atoms with Gasteiger partial charge in [-0.05, 0) is 20.3 Å². The van der Waals surface area contributed by atoms with Crippen molar-refractivity contribution in [3.63, 3.8) is 0 Å². The van der Waals surface area contributed by atoms with Crippen molar-refractivity contribution in [3.05, 3.63) is 27.7 Å². The van der Waals surface area contributed by atoms with Crippen molar-refractivity contribution >= 4 is 11.9 Å².